The molecule has 0 N–H and O–H groups in total. The molecule has 0 aliphatic carbocycles. The lowest BCUT2D eigenvalue weighted by atomic mass is 9.84. The van der Waals surface area contributed by atoms with Crippen LogP contribution < -0.4 is 4.90 Å². The number of rotatable bonds is 4. The van der Waals surface area contributed by atoms with Gasteiger partial charge in [-0.2, -0.15) is 13.2 Å². The lowest BCUT2D eigenvalue weighted by Gasteiger charge is -2.43. The molecule has 0 saturated carbocycles. The largest absolute Gasteiger partial charge is 0.417 e. The molecule has 0 bridgehead atoms. The lowest BCUT2D eigenvalue weighted by molar-refractivity contribution is -0.137. The second kappa shape index (κ2) is 10.2. The average Bonchev–Trinajstić information content (AvgIpc) is 2.84. The molecule has 35 heavy (non-hydrogen) atoms. The van der Waals surface area contributed by atoms with Gasteiger partial charge in [-0.3, -0.25) is 4.79 Å². The summed E-state index contributed by atoms with van der Waals surface area (Å²) in [5, 5.41) is 1.34. The van der Waals surface area contributed by atoms with Gasteiger partial charge in [0.25, 0.3) is 5.91 Å². The maximum Gasteiger partial charge on any atom is 0.417 e. The molecule has 4 rings (SSSR count). The number of nitrogens with zero attached hydrogens (tertiary/aromatic N) is 3. The van der Waals surface area contributed by atoms with E-state index >= 15 is 0 Å². The maximum absolute atomic E-state index is 13.2. The van der Waals surface area contributed by atoms with Crippen molar-refractivity contribution in [3.8, 4) is 0 Å². The number of aromatic nitrogens is 1. The molecule has 3 aromatic rings. The summed E-state index contributed by atoms with van der Waals surface area (Å²) >= 11 is 18.4. The van der Waals surface area contributed by atoms with E-state index in [1.54, 1.807) is 48.3 Å². The molecule has 10 heteroatoms. The summed E-state index contributed by atoms with van der Waals surface area (Å²) in [4.78, 5) is 20.9. The standard InChI is InChI=1S/C25H21Cl3F3N3O/c1-33(24(35)15-2-6-18(26)7-3-15)22-10-11-34(23-9-5-17(13-32-23)25(29,30)31)14-19(22)16-4-8-20(27)21(28)12-16/h2-9,12-13,19,22H,10-11,14H2,1H3/t19-,22+/m0/s1. The summed E-state index contributed by atoms with van der Waals surface area (Å²) < 4.78 is 38.9. The molecule has 1 amide bonds. The predicted octanol–water partition coefficient (Wildman–Crippen LogP) is 7.20. The van der Waals surface area contributed by atoms with E-state index in [4.69, 9.17) is 34.8 Å². The summed E-state index contributed by atoms with van der Waals surface area (Å²) in [6, 6.07) is 14.2. The summed E-state index contributed by atoms with van der Waals surface area (Å²) in [6.07, 6.45) is -3.04. The first kappa shape index (κ1) is 25.6. The predicted molar refractivity (Wildman–Crippen MR) is 133 cm³/mol. The van der Waals surface area contributed by atoms with E-state index < -0.39 is 11.7 Å². The highest BCUT2D eigenvalue weighted by molar-refractivity contribution is 6.42. The van der Waals surface area contributed by atoms with Gasteiger partial charge in [-0.1, -0.05) is 40.9 Å². The van der Waals surface area contributed by atoms with Crippen molar-refractivity contribution >= 4 is 46.5 Å². The van der Waals surface area contributed by atoms with Gasteiger partial charge >= 0.3 is 6.18 Å². The molecule has 1 aliphatic heterocycles. The van der Waals surface area contributed by atoms with Gasteiger partial charge in [0.05, 0.1) is 15.6 Å². The van der Waals surface area contributed by atoms with Crippen LogP contribution in [0.1, 0.15) is 33.8 Å². The Balaban J connectivity index is 1.63. The van der Waals surface area contributed by atoms with Crippen LogP contribution in [0.25, 0.3) is 0 Å². The first-order valence-electron chi connectivity index (χ1n) is 10.8. The van der Waals surface area contributed by atoms with Gasteiger partial charge in [0.15, 0.2) is 0 Å². The Morgan fingerprint density at radius 2 is 1.74 bits per heavy atom. The second-order valence-electron chi connectivity index (χ2n) is 8.41. The number of halogens is 6. The number of piperidine rings is 1. The summed E-state index contributed by atoms with van der Waals surface area (Å²) in [5.74, 6) is 0.0925. The number of carbonyl (C=O) groups is 1. The van der Waals surface area contributed by atoms with E-state index in [0.717, 1.165) is 17.8 Å². The average molecular weight is 543 g/mol. The lowest BCUT2D eigenvalue weighted by Crippen LogP contribution is -2.50. The molecule has 2 atom stereocenters. The molecule has 4 nitrogen and oxygen atoms in total. The molecule has 1 fully saturated rings. The van der Waals surface area contributed by atoms with Gasteiger partial charge < -0.3 is 9.80 Å². The van der Waals surface area contributed by atoms with Crippen molar-refractivity contribution in [3.63, 3.8) is 0 Å². The van der Waals surface area contributed by atoms with Crippen molar-refractivity contribution < 1.29 is 18.0 Å². The Bertz CT molecular complexity index is 1200. The Kier molecular flexibility index (Phi) is 7.50. The number of carbonyl (C=O) groups excluding carboxylic acids is 1. The molecule has 1 aromatic heterocycles. The van der Waals surface area contributed by atoms with Crippen LogP contribution in [-0.2, 0) is 6.18 Å². The van der Waals surface area contributed by atoms with Crippen LogP contribution in [0.5, 0.6) is 0 Å². The highest BCUT2D eigenvalue weighted by Crippen LogP contribution is 2.36. The van der Waals surface area contributed by atoms with E-state index in [0.29, 0.717) is 46.0 Å². The number of hydrogen-bond acceptors (Lipinski definition) is 3. The summed E-state index contributed by atoms with van der Waals surface area (Å²) in [7, 11) is 1.75. The first-order valence-corrected chi connectivity index (χ1v) is 11.9. The third kappa shape index (κ3) is 5.68. The van der Waals surface area contributed by atoms with Crippen LogP contribution in [0.2, 0.25) is 15.1 Å². The molecule has 0 spiro atoms. The Morgan fingerprint density at radius 1 is 1.03 bits per heavy atom. The zero-order chi connectivity index (χ0) is 25.3. The number of alkyl halides is 3. The number of amides is 1. The number of likely N-dealkylation sites (N-methyl/N-ethyl adjacent to an activating group) is 1. The van der Waals surface area contributed by atoms with Crippen LogP contribution in [0.15, 0.2) is 60.8 Å². The van der Waals surface area contributed by atoms with E-state index in [2.05, 4.69) is 4.98 Å². The molecule has 2 aromatic carbocycles. The van der Waals surface area contributed by atoms with Crippen LogP contribution in [-0.4, -0.2) is 42.0 Å². The molecular formula is C25H21Cl3F3N3O. The summed E-state index contributed by atoms with van der Waals surface area (Å²) in [6.45, 7) is 0.943. The highest BCUT2D eigenvalue weighted by Gasteiger charge is 2.36. The van der Waals surface area contributed by atoms with Crippen molar-refractivity contribution in [1.29, 1.82) is 0 Å². The quantitative estimate of drug-likeness (QED) is 0.350. The molecule has 0 radical (unpaired) electrons. The normalized spacial score (nSPS) is 18.4. The highest BCUT2D eigenvalue weighted by atomic mass is 35.5. The van der Waals surface area contributed by atoms with Gasteiger partial charge in [-0.05, 0) is 60.5 Å². The van der Waals surface area contributed by atoms with Gasteiger partial charge in [-0.25, -0.2) is 4.98 Å². The first-order chi connectivity index (χ1) is 16.5. The van der Waals surface area contributed by atoms with Crippen molar-refractivity contribution in [2.24, 2.45) is 0 Å². The van der Waals surface area contributed by atoms with Crippen molar-refractivity contribution in [2.45, 2.75) is 24.6 Å². The van der Waals surface area contributed by atoms with Gasteiger partial charge in [0.1, 0.15) is 5.82 Å². The summed E-state index contributed by atoms with van der Waals surface area (Å²) in [5.41, 5.74) is 0.582. The topological polar surface area (TPSA) is 36.4 Å². The Labute approximate surface area is 216 Å². The third-order valence-electron chi connectivity index (χ3n) is 6.26. The Hall–Kier alpha value is -2.48. The Morgan fingerprint density at radius 3 is 2.34 bits per heavy atom. The fraction of sp³-hybridized carbons (Fsp3) is 0.280. The SMILES string of the molecule is CN(C(=O)c1ccc(Cl)cc1)[C@@H]1CCN(c2ccc(C(F)(F)F)cn2)C[C@H]1c1ccc(Cl)c(Cl)c1. The number of anilines is 1. The minimum atomic E-state index is -4.45. The molecule has 2 heterocycles. The number of benzene rings is 2. The number of pyridine rings is 1. The van der Waals surface area contributed by atoms with Crippen LogP contribution >= 0.6 is 34.8 Å². The van der Waals surface area contributed by atoms with Crippen molar-refractivity contribution in [3.05, 3.63) is 92.6 Å². The maximum atomic E-state index is 13.2. The fourth-order valence-corrected chi connectivity index (χ4v) is 4.80. The van der Waals surface area contributed by atoms with E-state index in [1.807, 2.05) is 11.0 Å². The third-order valence-corrected chi connectivity index (χ3v) is 7.25. The zero-order valence-electron chi connectivity index (χ0n) is 18.6. The van der Waals surface area contributed by atoms with Crippen LogP contribution in [0, 0.1) is 0 Å². The smallest absolute Gasteiger partial charge is 0.356 e. The van der Waals surface area contributed by atoms with Crippen LogP contribution in [0.4, 0.5) is 19.0 Å². The van der Waals surface area contributed by atoms with Crippen molar-refractivity contribution in [1.82, 2.24) is 9.88 Å². The van der Waals surface area contributed by atoms with Gasteiger partial charge in [0, 0.05) is 48.9 Å². The molecule has 1 saturated heterocycles. The second-order valence-corrected chi connectivity index (χ2v) is 9.66. The molecular weight excluding hydrogens is 522 g/mol. The van der Waals surface area contributed by atoms with E-state index in [9.17, 15) is 18.0 Å². The van der Waals surface area contributed by atoms with Crippen molar-refractivity contribution in [2.75, 3.05) is 25.0 Å². The molecule has 0 unspecified atom stereocenters. The number of hydrogen-bond donors (Lipinski definition) is 0. The van der Waals surface area contributed by atoms with E-state index in [-0.39, 0.29) is 17.9 Å². The van der Waals surface area contributed by atoms with Crippen LogP contribution in [0.3, 0.4) is 0 Å². The molecule has 1 aliphatic rings. The fourth-order valence-electron chi connectivity index (χ4n) is 4.37. The monoisotopic (exact) mass is 541 g/mol. The minimum absolute atomic E-state index is 0.155. The van der Waals surface area contributed by atoms with Gasteiger partial charge in [0.2, 0.25) is 0 Å². The molecule has 184 valence electrons. The van der Waals surface area contributed by atoms with Gasteiger partial charge in [-0.15, -0.1) is 0 Å². The zero-order valence-corrected chi connectivity index (χ0v) is 20.8. The minimum Gasteiger partial charge on any atom is -0.356 e. The van der Waals surface area contributed by atoms with E-state index in [1.165, 1.54) is 6.07 Å².